The lowest BCUT2D eigenvalue weighted by Crippen LogP contribution is -2.14. The standard InChI is InChI=1S/C16H11Cl2N3OS/c17-11-5-6-13(18)14(7-11)20-15(22)9-23-16-12-4-2-1-3-10(12)8-19-21-16/h1-8H,9H2,(H,20,22). The van der Waals surface area contributed by atoms with Crippen LogP contribution in [0.4, 0.5) is 5.69 Å². The molecule has 1 N–H and O–H groups in total. The molecule has 0 aliphatic heterocycles. The van der Waals surface area contributed by atoms with Gasteiger partial charge in [-0.1, -0.05) is 59.2 Å². The highest BCUT2D eigenvalue weighted by molar-refractivity contribution is 8.00. The predicted octanol–water partition coefficient (Wildman–Crippen LogP) is 4.67. The van der Waals surface area contributed by atoms with Gasteiger partial charge in [0, 0.05) is 15.8 Å². The lowest BCUT2D eigenvalue weighted by Gasteiger charge is -2.08. The summed E-state index contributed by atoms with van der Waals surface area (Å²) < 4.78 is 0. The first-order valence-electron chi connectivity index (χ1n) is 6.71. The number of carbonyl (C=O) groups excluding carboxylic acids is 1. The molecule has 0 aliphatic rings. The van der Waals surface area contributed by atoms with Crippen molar-refractivity contribution < 1.29 is 4.79 Å². The molecule has 0 spiro atoms. The monoisotopic (exact) mass is 363 g/mol. The van der Waals surface area contributed by atoms with Crippen molar-refractivity contribution in [2.75, 3.05) is 11.1 Å². The molecular formula is C16H11Cl2N3OS. The Bertz CT molecular complexity index is 868. The van der Waals surface area contributed by atoms with Gasteiger partial charge in [-0.25, -0.2) is 0 Å². The van der Waals surface area contributed by atoms with Crippen LogP contribution < -0.4 is 5.32 Å². The van der Waals surface area contributed by atoms with E-state index in [1.54, 1.807) is 24.4 Å². The molecule has 1 amide bonds. The Morgan fingerprint density at radius 3 is 2.87 bits per heavy atom. The maximum atomic E-state index is 12.1. The molecule has 0 unspecified atom stereocenters. The molecule has 3 aromatic rings. The first-order chi connectivity index (χ1) is 11.1. The first kappa shape index (κ1) is 16.1. The minimum absolute atomic E-state index is 0.186. The van der Waals surface area contributed by atoms with E-state index in [-0.39, 0.29) is 11.7 Å². The van der Waals surface area contributed by atoms with Gasteiger partial charge in [-0.2, -0.15) is 5.10 Å². The van der Waals surface area contributed by atoms with Crippen LogP contribution in [0.15, 0.2) is 53.7 Å². The Morgan fingerprint density at radius 1 is 1.17 bits per heavy atom. The van der Waals surface area contributed by atoms with E-state index in [9.17, 15) is 4.79 Å². The van der Waals surface area contributed by atoms with Crippen LogP contribution in [0.1, 0.15) is 0 Å². The Morgan fingerprint density at radius 2 is 2.00 bits per heavy atom. The highest BCUT2D eigenvalue weighted by atomic mass is 35.5. The molecule has 1 heterocycles. The maximum Gasteiger partial charge on any atom is 0.234 e. The van der Waals surface area contributed by atoms with Crippen molar-refractivity contribution in [3.63, 3.8) is 0 Å². The van der Waals surface area contributed by atoms with E-state index < -0.39 is 0 Å². The van der Waals surface area contributed by atoms with Crippen LogP contribution in [0.5, 0.6) is 0 Å². The molecule has 1 aromatic heterocycles. The van der Waals surface area contributed by atoms with Gasteiger partial charge >= 0.3 is 0 Å². The summed E-state index contributed by atoms with van der Waals surface area (Å²) >= 11 is 13.3. The second-order valence-corrected chi connectivity index (χ2v) is 6.51. The lowest BCUT2D eigenvalue weighted by atomic mass is 10.2. The van der Waals surface area contributed by atoms with E-state index in [0.717, 1.165) is 15.8 Å². The summed E-state index contributed by atoms with van der Waals surface area (Å²) in [6.45, 7) is 0. The smallest absolute Gasteiger partial charge is 0.234 e. The number of halogens is 2. The number of hydrogen-bond acceptors (Lipinski definition) is 4. The molecule has 0 saturated carbocycles. The summed E-state index contributed by atoms with van der Waals surface area (Å²) in [6, 6.07) is 12.7. The van der Waals surface area contributed by atoms with E-state index in [2.05, 4.69) is 15.5 Å². The number of thioether (sulfide) groups is 1. The van der Waals surface area contributed by atoms with Crippen molar-refractivity contribution in [2.24, 2.45) is 0 Å². The molecule has 2 aromatic carbocycles. The van der Waals surface area contributed by atoms with Crippen LogP contribution in [-0.2, 0) is 4.79 Å². The highest BCUT2D eigenvalue weighted by Crippen LogP contribution is 2.27. The average molecular weight is 364 g/mol. The molecule has 7 heteroatoms. The number of anilines is 1. The van der Waals surface area contributed by atoms with Gasteiger partial charge in [0.1, 0.15) is 5.03 Å². The number of benzene rings is 2. The molecule has 0 bridgehead atoms. The Labute approximate surface area is 147 Å². The van der Waals surface area contributed by atoms with Gasteiger partial charge in [0.2, 0.25) is 5.91 Å². The molecule has 23 heavy (non-hydrogen) atoms. The van der Waals surface area contributed by atoms with Crippen molar-refractivity contribution in [3.05, 3.63) is 58.7 Å². The molecule has 0 fully saturated rings. The van der Waals surface area contributed by atoms with E-state index >= 15 is 0 Å². The van der Waals surface area contributed by atoms with E-state index in [1.807, 2.05) is 24.3 Å². The topological polar surface area (TPSA) is 54.9 Å². The summed E-state index contributed by atoms with van der Waals surface area (Å²) in [5.74, 6) is 0.0137. The van der Waals surface area contributed by atoms with Gasteiger partial charge in [0.15, 0.2) is 0 Å². The number of fused-ring (bicyclic) bond motifs is 1. The maximum absolute atomic E-state index is 12.1. The van der Waals surface area contributed by atoms with Crippen LogP contribution in [-0.4, -0.2) is 21.9 Å². The van der Waals surface area contributed by atoms with Crippen LogP contribution >= 0.6 is 35.0 Å². The third-order valence-electron chi connectivity index (χ3n) is 3.08. The molecular weight excluding hydrogens is 353 g/mol. The summed E-state index contributed by atoms with van der Waals surface area (Å²) in [5.41, 5.74) is 0.494. The normalized spacial score (nSPS) is 10.7. The van der Waals surface area contributed by atoms with Crippen LogP contribution in [0.25, 0.3) is 10.8 Å². The van der Waals surface area contributed by atoms with Crippen LogP contribution in [0.3, 0.4) is 0 Å². The summed E-state index contributed by atoms with van der Waals surface area (Å²) in [5, 5.41) is 14.4. The average Bonchev–Trinajstić information content (AvgIpc) is 2.56. The Kier molecular flexibility index (Phi) is 5.00. The zero-order valence-corrected chi connectivity index (χ0v) is 14.1. The van der Waals surface area contributed by atoms with Crippen molar-refractivity contribution in [3.8, 4) is 0 Å². The number of nitrogens with one attached hydrogen (secondary N) is 1. The quantitative estimate of drug-likeness (QED) is 0.684. The zero-order chi connectivity index (χ0) is 16.2. The number of nitrogens with zero attached hydrogens (tertiary/aromatic N) is 2. The highest BCUT2D eigenvalue weighted by Gasteiger charge is 2.10. The van der Waals surface area contributed by atoms with E-state index in [1.165, 1.54) is 11.8 Å². The van der Waals surface area contributed by atoms with Gasteiger partial charge < -0.3 is 5.32 Å². The Hall–Kier alpha value is -1.82. The zero-order valence-electron chi connectivity index (χ0n) is 11.8. The van der Waals surface area contributed by atoms with Crippen molar-refractivity contribution in [2.45, 2.75) is 5.03 Å². The number of hydrogen-bond donors (Lipinski definition) is 1. The molecule has 0 radical (unpaired) electrons. The van der Waals surface area contributed by atoms with Crippen LogP contribution in [0.2, 0.25) is 10.0 Å². The molecule has 0 atom stereocenters. The Balaban J connectivity index is 1.70. The third-order valence-corrected chi connectivity index (χ3v) is 4.63. The van der Waals surface area contributed by atoms with Gasteiger partial charge in [-0.15, -0.1) is 5.10 Å². The molecule has 0 saturated heterocycles. The fourth-order valence-corrected chi connectivity index (χ4v) is 3.14. The number of carbonyl (C=O) groups is 1. The second kappa shape index (κ2) is 7.17. The number of amides is 1. The molecule has 0 aliphatic carbocycles. The number of aromatic nitrogens is 2. The first-order valence-corrected chi connectivity index (χ1v) is 8.46. The van der Waals surface area contributed by atoms with Gasteiger partial charge in [0.05, 0.1) is 22.7 Å². The molecule has 3 rings (SSSR count). The third kappa shape index (κ3) is 3.93. The van der Waals surface area contributed by atoms with Gasteiger partial charge in [-0.3, -0.25) is 4.79 Å². The van der Waals surface area contributed by atoms with E-state index in [0.29, 0.717) is 15.7 Å². The minimum Gasteiger partial charge on any atom is -0.324 e. The van der Waals surface area contributed by atoms with Crippen molar-refractivity contribution in [1.29, 1.82) is 0 Å². The van der Waals surface area contributed by atoms with Crippen LogP contribution in [0, 0.1) is 0 Å². The summed E-state index contributed by atoms with van der Waals surface area (Å²) in [6.07, 6.45) is 1.70. The lowest BCUT2D eigenvalue weighted by molar-refractivity contribution is -0.113. The summed E-state index contributed by atoms with van der Waals surface area (Å²) in [7, 11) is 0. The second-order valence-electron chi connectivity index (χ2n) is 4.70. The fourth-order valence-electron chi connectivity index (χ4n) is 2.02. The molecule has 116 valence electrons. The summed E-state index contributed by atoms with van der Waals surface area (Å²) in [4.78, 5) is 12.1. The molecule has 4 nitrogen and oxygen atoms in total. The number of rotatable bonds is 4. The van der Waals surface area contributed by atoms with E-state index in [4.69, 9.17) is 23.2 Å². The predicted molar refractivity (Wildman–Crippen MR) is 95.4 cm³/mol. The van der Waals surface area contributed by atoms with Gasteiger partial charge in [0.25, 0.3) is 0 Å². The largest absolute Gasteiger partial charge is 0.324 e. The SMILES string of the molecule is O=C(CSc1nncc2ccccc12)Nc1cc(Cl)ccc1Cl. The van der Waals surface area contributed by atoms with Crippen molar-refractivity contribution in [1.82, 2.24) is 10.2 Å². The van der Waals surface area contributed by atoms with Gasteiger partial charge in [-0.05, 0) is 18.2 Å². The van der Waals surface area contributed by atoms with Crippen molar-refractivity contribution >= 4 is 57.3 Å². The fraction of sp³-hybridized carbons (Fsp3) is 0.0625. The minimum atomic E-state index is -0.186.